The summed E-state index contributed by atoms with van der Waals surface area (Å²) in [5.74, 6) is -1.49. The standard InChI is InChI=1S/C24H17BrFN3O4/c25-20-12-15(11-19-23(31)28-29(24(19)32)18-7-2-1-3-8-18)9-10-21(20)33-14-22(30)27-17-6-4-5-16(26)13-17/h1-13H,14H2,(H,27,30)(H,28,31)/b19-11-. The molecule has 0 aromatic heterocycles. The van der Waals surface area contributed by atoms with E-state index in [9.17, 15) is 18.8 Å². The first-order valence-corrected chi connectivity index (χ1v) is 10.6. The lowest BCUT2D eigenvalue weighted by atomic mass is 10.1. The minimum absolute atomic E-state index is 0.00566. The van der Waals surface area contributed by atoms with Gasteiger partial charge in [-0.2, -0.15) is 0 Å². The van der Waals surface area contributed by atoms with Crippen LogP contribution in [0.25, 0.3) is 6.08 Å². The summed E-state index contributed by atoms with van der Waals surface area (Å²) < 4.78 is 19.3. The van der Waals surface area contributed by atoms with Gasteiger partial charge in [-0.15, -0.1) is 0 Å². The Hall–Kier alpha value is -3.98. The zero-order chi connectivity index (χ0) is 23.4. The van der Waals surface area contributed by atoms with Gasteiger partial charge in [-0.3, -0.25) is 19.8 Å². The lowest BCUT2D eigenvalue weighted by Gasteiger charge is -2.13. The van der Waals surface area contributed by atoms with Gasteiger partial charge < -0.3 is 10.1 Å². The number of carbonyl (C=O) groups excluding carboxylic acids is 3. The van der Waals surface area contributed by atoms with Crippen LogP contribution in [0.5, 0.6) is 5.75 Å². The first kappa shape index (κ1) is 22.2. The molecule has 1 aliphatic rings. The van der Waals surface area contributed by atoms with Crippen molar-refractivity contribution >= 4 is 51.1 Å². The van der Waals surface area contributed by atoms with Gasteiger partial charge in [-0.25, -0.2) is 9.40 Å². The Bertz CT molecular complexity index is 1260. The van der Waals surface area contributed by atoms with E-state index in [1.54, 1.807) is 48.5 Å². The molecule has 1 heterocycles. The smallest absolute Gasteiger partial charge is 0.282 e. The average Bonchev–Trinajstić information content (AvgIpc) is 3.07. The molecule has 0 aliphatic carbocycles. The van der Waals surface area contributed by atoms with Crippen molar-refractivity contribution in [2.45, 2.75) is 0 Å². The van der Waals surface area contributed by atoms with Crippen molar-refractivity contribution in [3.63, 3.8) is 0 Å². The number of nitrogens with zero attached hydrogens (tertiary/aromatic N) is 1. The molecule has 4 rings (SSSR count). The molecular weight excluding hydrogens is 493 g/mol. The summed E-state index contributed by atoms with van der Waals surface area (Å²) >= 11 is 3.37. The number of anilines is 2. The average molecular weight is 510 g/mol. The molecule has 0 saturated carbocycles. The van der Waals surface area contributed by atoms with E-state index in [2.05, 4.69) is 26.7 Å². The second-order valence-electron chi connectivity index (χ2n) is 7.01. The zero-order valence-electron chi connectivity index (χ0n) is 17.0. The first-order valence-electron chi connectivity index (χ1n) is 9.80. The summed E-state index contributed by atoms with van der Waals surface area (Å²) in [6, 6.07) is 19.3. The normalized spacial score (nSPS) is 14.4. The van der Waals surface area contributed by atoms with E-state index in [-0.39, 0.29) is 12.2 Å². The monoisotopic (exact) mass is 509 g/mol. The number of nitrogens with one attached hydrogen (secondary N) is 2. The Morgan fingerprint density at radius 1 is 1.06 bits per heavy atom. The largest absolute Gasteiger partial charge is 0.483 e. The highest BCUT2D eigenvalue weighted by Crippen LogP contribution is 2.28. The van der Waals surface area contributed by atoms with Crippen molar-refractivity contribution in [3.05, 3.63) is 94.2 Å². The highest BCUT2D eigenvalue weighted by atomic mass is 79.9. The molecular formula is C24H17BrFN3O4. The number of amides is 3. The molecule has 0 unspecified atom stereocenters. The van der Waals surface area contributed by atoms with Crippen LogP contribution in [0.1, 0.15) is 5.56 Å². The number of hydrogen-bond acceptors (Lipinski definition) is 4. The maximum atomic E-state index is 13.2. The van der Waals surface area contributed by atoms with E-state index < -0.39 is 23.5 Å². The van der Waals surface area contributed by atoms with Crippen LogP contribution in [0.2, 0.25) is 0 Å². The van der Waals surface area contributed by atoms with Gasteiger partial charge in [0.25, 0.3) is 17.7 Å². The summed E-state index contributed by atoms with van der Waals surface area (Å²) in [6.45, 7) is -0.289. The Morgan fingerprint density at radius 3 is 2.58 bits per heavy atom. The van der Waals surface area contributed by atoms with Crippen LogP contribution in [0, 0.1) is 5.82 Å². The molecule has 0 radical (unpaired) electrons. The van der Waals surface area contributed by atoms with Crippen LogP contribution in [-0.2, 0) is 14.4 Å². The molecule has 3 aromatic carbocycles. The van der Waals surface area contributed by atoms with Crippen LogP contribution >= 0.6 is 15.9 Å². The van der Waals surface area contributed by atoms with Crippen molar-refractivity contribution in [2.75, 3.05) is 16.9 Å². The maximum Gasteiger partial charge on any atom is 0.282 e. The molecule has 1 fully saturated rings. The number of para-hydroxylation sites is 1. The quantitative estimate of drug-likeness (QED) is 0.387. The summed E-state index contributed by atoms with van der Waals surface area (Å²) in [4.78, 5) is 37.1. The summed E-state index contributed by atoms with van der Waals surface area (Å²) in [5, 5.41) is 3.74. The molecule has 7 nitrogen and oxygen atoms in total. The van der Waals surface area contributed by atoms with E-state index in [1.165, 1.54) is 29.3 Å². The van der Waals surface area contributed by atoms with Crippen molar-refractivity contribution in [2.24, 2.45) is 0 Å². The third-order valence-corrected chi connectivity index (χ3v) is 5.26. The lowest BCUT2D eigenvalue weighted by molar-refractivity contribution is -0.118. The zero-order valence-corrected chi connectivity index (χ0v) is 18.6. The van der Waals surface area contributed by atoms with Gasteiger partial charge in [0.2, 0.25) is 0 Å². The molecule has 33 heavy (non-hydrogen) atoms. The third-order valence-electron chi connectivity index (χ3n) is 4.64. The van der Waals surface area contributed by atoms with Gasteiger partial charge >= 0.3 is 0 Å². The van der Waals surface area contributed by atoms with Gasteiger partial charge in [-0.05, 0) is 70.0 Å². The number of carbonyl (C=O) groups is 3. The minimum Gasteiger partial charge on any atom is -0.483 e. The molecule has 3 aromatic rings. The van der Waals surface area contributed by atoms with Crippen LogP contribution < -0.4 is 20.5 Å². The van der Waals surface area contributed by atoms with E-state index in [1.807, 2.05) is 6.07 Å². The fourth-order valence-electron chi connectivity index (χ4n) is 3.11. The molecule has 0 atom stereocenters. The van der Waals surface area contributed by atoms with Crippen molar-refractivity contribution in [3.8, 4) is 5.75 Å². The highest BCUT2D eigenvalue weighted by Gasteiger charge is 2.34. The number of ether oxygens (including phenoxy) is 1. The summed E-state index contributed by atoms with van der Waals surface area (Å²) in [5.41, 5.74) is 4.01. The van der Waals surface area contributed by atoms with Crippen LogP contribution in [0.3, 0.4) is 0 Å². The van der Waals surface area contributed by atoms with Gasteiger partial charge in [0.15, 0.2) is 6.61 Å². The number of rotatable bonds is 6. The molecule has 9 heteroatoms. The number of hydrazine groups is 1. The van der Waals surface area contributed by atoms with Gasteiger partial charge in [0, 0.05) is 5.69 Å². The predicted molar refractivity (Wildman–Crippen MR) is 125 cm³/mol. The van der Waals surface area contributed by atoms with E-state index >= 15 is 0 Å². The molecule has 3 amide bonds. The molecule has 0 spiro atoms. The Kier molecular flexibility index (Phi) is 6.50. The molecule has 1 aliphatic heterocycles. The topological polar surface area (TPSA) is 87.7 Å². The van der Waals surface area contributed by atoms with E-state index in [0.29, 0.717) is 27.2 Å². The van der Waals surface area contributed by atoms with Gasteiger partial charge in [0.05, 0.1) is 10.2 Å². The highest BCUT2D eigenvalue weighted by molar-refractivity contribution is 9.10. The first-order chi connectivity index (χ1) is 15.9. The van der Waals surface area contributed by atoms with Gasteiger partial charge in [0.1, 0.15) is 17.1 Å². The Morgan fingerprint density at radius 2 is 1.85 bits per heavy atom. The Balaban J connectivity index is 1.42. The Labute approximate surface area is 197 Å². The maximum absolute atomic E-state index is 13.2. The van der Waals surface area contributed by atoms with E-state index in [4.69, 9.17) is 4.74 Å². The van der Waals surface area contributed by atoms with Crippen LogP contribution in [0.15, 0.2) is 82.8 Å². The fraction of sp³-hybridized carbons (Fsp3) is 0.0417. The number of hydrogen-bond donors (Lipinski definition) is 2. The molecule has 2 N–H and O–H groups in total. The SMILES string of the molecule is O=C(COc1ccc(/C=C2/C(=O)NN(c3ccccc3)C2=O)cc1Br)Nc1cccc(F)c1. The van der Waals surface area contributed by atoms with Crippen molar-refractivity contribution < 1.29 is 23.5 Å². The fourth-order valence-corrected chi connectivity index (χ4v) is 3.62. The summed E-state index contributed by atoms with van der Waals surface area (Å²) in [7, 11) is 0. The molecule has 1 saturated heterocycles. The molecule has 0 bridgehead atoms. The van der Waals surface area contributed by atoms with Crippen molar-refractivity contribution in [1.82, 2.24) is 5.43 Å². The summed E-state index contributed by atoms with van der Waals surface area (Å²) in [6.07, 6.45) is 1.48. The molecule has 166 valence electrons. The lowest BCUT2D eigenvalue weighted by Crippen LogP contribution is -2.35. The van der Waals surface area contributed by atoms with E-state index in [0.717, 1.165) is 0 Å². The second kappa shape index (κ2) is 9.66. The number of halogens is 2. The number of benzene rings is 3. The van der Waals surface area contributed by atoms with Crippen LogP contribution in [-0.4, -0.2) is 24.3 Å². The third kappa shape index (κ3) is 5.27. The minimum atomic E-state index is -0.505. The predicted octanol–water partition coefficient (Wildman–Crippen LogP) is 4.07. The second-order valence-corrected chi connectivity index (χ2v) is 7.87. The van der Waals surface area contributed by atoms with Gasteiger partial charge in [-0.1, -0.05) is 30.3 Å². The van der Waals surface area contributed by atoms with Crippen molar-refractivity contribution in [1.29, 1.82) is 0 Å². The van der Waals surface area contributed by atoms with Crippen LogP contribution in [0.4, 0.5) is 15.8 Å².